The number of hydrogen-bond donors (Lipinski definition) is 0. The van der Waals surface area contributed by atoms with Gasteiger partial charge in [0, 0.05) is 24.5 Å². The van der Waals surface area contributed by atoms with Gasteiger partial charge in [0.2, 0.25) is 0 Å². The smallest absolute Gasteiger partial charge is 0.0871 e. The van der Waals surface area contributed by atoms with Crippen LogP contribution in [0.3, 0.4) is 0 Å². The minimum Gasteiger partial charge on any atom is -0.282 e. The van der Waals surface area contributed by atoms with Crippen LogP contribution in [-0.4, -0.2) is 27.3 Å². The molecule has 0 bridgehead atoms. The minimum absolute atomic E-state index is 0.338. The maximum atomic E-state index is 8.91. The van der Waals surface area contributed by atoms with Crippen LogP contribution >= 0.6 is 0 Å². The lowest BCUT2D eigenvalue weighted by Crippen LogP contribution is -2.30. The molecular weight excluding hydrogens is 236 g/mol. The molecule has 0 saturated heterocycles. The molecule has 4 nitrogen and oxygen atoms in total. The summed E-state index contributed by atoms with van der Waals surface area (Å²) in [5.74, 6) is 0. The third-order valence-electron chi connectivity index (χ3n) is 3.39. The predicted octanol–water partition coefficient (Wildman–Crippen LogP) is 2.79. The van der Waals surface area contributed by atoms with E-state index >= 15 is 0 Å². The Kier molecular flexibility index (Phi) is 4.18. The molecule has 0 amide bonds. The maximum Gasteiger partial charge on any atom is 0.0871 e. The summed E-state index contributed by atoms with van der Waals surface area (Å²) in [5, 5.41) is 14.8. The van der Waals surface area contributed by atoms with E-state index in [-0.39, 0.29) is 0 Å². The Morgan fingerprint density at radius 3 is 2.74 bits per heavy atom. The lowest BCUT2D eigenvalue weighted by molar-refractivity contribution is 0.237. The van der Waals surface area contributed by atoms with E-state index in [4.69, 9.17) is 5.26 Å². The Morgan fingerprint density at radius 1 is 1.37 bits per heavy atom. The van der Waals surface area contributed by atoms with Gasteiger partial charge in [0.05, 0.1) is 23.8 Å². The van der Waals surface area contributed by atoms with E-state index in [0.717, 1.165) is 18.8 Å². The van der Waals surface area contributed by atoms with Crippen molar-refractivity contribution in [1.82, 2.24) is 14.7 Å². The normalized spacial score (nSPS) is 11.4. The fraction of sp³-hybridized carbons (Fsp3) is 0.467. The van der Waals surface area contributed by atoms with Crippen LogP contribution in [0.15, 0.2) is 24.3 Å². The SMILES string of the molecule is CCn1nc(CN(CC#N)C(C)C)c2ccccc21. The Morgan fingerprint density at radius 2 is 2.11 bits per heavy atom. The van der Waals surface area contributed by atoms with Gasteiger partial charge in [-0.2, -0.15) is 10.4 Å². The molecule has 0 saturated carbocycles. The molecule has 1 aromatic heterocycles. The number of para-hydroxylation sites is 1. The van der Waals surface area contributed by atoms with Crippen LogP contribution in [0, 0.1) is 11.3 Å². The van der Waals surface area contributed by atoms with Crippen molar-refractivity contribution < 1.29 is 0 Å². The Balaban J connectivity index is 2.37. The molecule has 0 aliphatic heterocycles. The fourth-order valence-corrected chi connectivity index (χ4v) is 2.26. The second kappa shape index (κ2) is 5.85. The molecule has 0 radical (unpaired) electrons. The van der Waals surface area contributed by atoms with Crippen molar-refractivity contribution in [3.8, 4) is 6.07 Å². The van der Waals surface area contributed by atoms with E-state index in [1.54, 1.807) is 0 Å². The van der Waals surface area contributed by atoms with Crippen LogP contribution in [-0.2, 0) is 13.1 Å². The highest BCUT2D eigenvalue weighted by atomic mass is 15.3. The van der Waals surface area contributed by atoms with E-state index < -0.39 is 0 Å². The van der Waals surface area contributed by atoms with Crippen LogP contribution in [0.5, 0.6) is 0 Å². The first-order valence-corrected chi connectivity index (χ1v) is 6.72. The molecule has 0 aliphatic carbocycles. The topological polar surface area (TPSA) is 44.9 Å². The third kappa shape index (κ3) is 2.77. The van der Waals surface area contributed by atoms with Gasteiger partial charge in [0.25, 0.3) is 0 Å². The summed E-state index contributed by atoms with van der Waals surface area (Å²) in [7, 11) is 0. The molecule has 1 aromatic carbocycles. The maximum absolute atomic E-state index is 8.91. The zero-order chi connectivity index (χ0) is 13.8. The zero-order valence-electron chi connectivity index (χ0n) is 11.8. The number of aryl methyl sites for hydroxylation is 1. The summed E-state index contributed by atoms with van der Waals surface area (Å²) in [6.45, 7) is 8.33. The highest BCUT2D eigenvalue weighted by molar-refractivity contribution is 5.81. The first-order chi connectivity index (χ1) is 9.17. The van der Waals surface area contributed by atoms with Crippen molar-refractivity contribution in [3.63, 3.8) is 0 Å². The summed E-state index contributed by atoms with van der Waals surface area (Å²) in [4.78, 5) is 2.13. The van der Waals surface area contributed by atoms with Crippen molar-refractivity contribution in [2.24, 2.45) is 0 Å². The molecule has 0 aliphatic rings. The van der Waals surface area contributed by atoms with E-state index in [9.17, 15) is 0 Å². The van der Waals surface area contributed by atoms with Crippen LogP contribution in [0.4, 0.5) is 0 Å². The van der Waals surface area contributed by atoms with Gasteiger partial charge in [-0.05, 0) is 26.8 Å². The van der Waals surface area contributed by atoms with Crippen LogP contribution in [0.1, 0.15) is 26.5 Å². The number of rotatable bonds is 5. The predicted molar refractivity (Wildman–Crippen MR) is 76.6 cm³/mol. The number of nitrogens with zero attached hydrogens (tertiary/aromatic N) is 4. The summed E-state index contributed by atoms with van der Waals surface area (Å²) in [5.41, 5.74) is 2.22. The van der Waals surface area contributed by atoms with Gasteiger partial charge in [0.15, 0.2) is 0 Å². The molecule has 0 spiro atoms. The largest absolute Gasteiger partial charge is 0.282 e. The number of nitriles is 1. The summed E-state index contributed by atoms with van der Waals surface area (Å²) < 4.78 is 2.02. The number of fused-ring (bicyclic) bond motifs is 1. The second-order valence-corrected chi connectivity index (χ2v) is 4.94. The summed E-state index contributed by atoms with van der Waals surface area (Å²) in [6.07, 6.45) is 0. The molecule has 1 heterocycles. The van der Waals surface area contributed by atoms with Gasteiger partial charge >= 0.3 is 0 Å². The molecule has 4 heteroatoms. The average molecular weight is 256 g/mol. The molecule has 0 fully saturated rings. The first kappa shape index (κ1) is 13.6. The highest BCUT2D eigenvalue weighted by Gasteiger charge is 2.15. The first-order valence-electron chi connectivity index (χ1n) is 6.72. The minimum atomic E-state index is 0.338. The van der Waals surface area contributed by atoms with Crippen LogP contribution in [0.25, 0.3) is 10.9 Å². The van der Waals surface area contributed by atoms with Gasteiger partial charge in [-0.15, -0.1) is 0 Å². The fourth-order valence-electron chi connectivity index (χ4n) is 2.26. The monoisotopic (exact) mass is 256 g/mol. The van der Waals surface area contributed by atoms with Gasteiger partial charge in [-0.3, -0.25) is 9.58 Å². The number of aromatic nitrogens is 2. The lowest BCUT2D eigenvalue weighted by atomic mass is 10.2. The van der Waals surface area contributed by atoms with Crippen molar-refractivity contribution in [2.45, 2.75) is 39.9 Å². The van der Waals surface area contributed by atoms with Crippen LogP contribution in [0.2, 0.25) is 0 Å². The van der Waals surface area contributed by atoms with Gasteiger partial charge in [-0.1, -0.05) is 18.2 Å². The number of benzene rings is 1. The lowest BCUT2D eigenvalue weighted by Gasteiger charge is -2.22. The molecule has 2 aromatic rings. The van der Waals surface area contributed by atoms with Crippen molar-refractivity contribution in [3.05, 3.63) is 30.0 Å². The molecule has 19 heavy (non-hydrogen) atoms. The van der Waals surface area contributed by atoms with Gasteiger partial charge in [-0.25, -0.2) is 0 Å². The van der Waals surface area contributed by atoms with E-state index in [1.807, 2.05) is 16.8 Å². The molecule has 100 valence electrons. The third-order valence-corrected chi connectivity index (χ3v) is 3.39. The summed E-state index contributed by atoms with van der Waals surface area (Å²) in [6, 6.07) is 10.8. The zero-order valence-corrected chi connectivity index (χ0v) is 11.8. The molecular formula is C15H20N4. The van der Waals surface area contributed by atoms with Crippen molar-refractivity contribution in [2.75, 3.05) is 6.54 Å². The number of hydrogen-bond acceptors (Lipinski definition) is 3. The van der Waals surface area contributed by atoms with E-state index in [0.29, 0.717) is 12.6 Å². The Labute approximate surface area is 114 Å². The van der Waals surface area contributed by atoms with Crippen molar-refractivity contribution in [1.29, 1.82) is 5.26 Å². The van der Waals surface area contributed by atoms with E-state index in [2.05, 4.69) is 49.0 Å². The Bertz CT molecular complexity index is 592. The second-order valence-electron chi connectivity index (χ2n) is 4.94. The van der Waals surface area contributed by atoms with Crippen molar-refractivity contribution >= 4 is 10.9 Å². The molecule has 0 atom stereocenters. The van der Waals surface area contributed by atoms with Gasteiger partial charge < -0.3 is 0 Å². The average Bonchev–Trinajstić information content (AvgIpc) is 2.76. The quantitative estimate of drug-likeness (QED) is 0.773. The summed E-state index contributed by atoms with van der Waals surface area (Å²) >= 11 is 0. The van der Waals surface area contributed by atoms with E-state index in [1.165, 1.54) is 10.9 Å². The van der Waals surface area contributed by atoms with Crippen LogP contribution < -0.4 is 0 Å². The molecule has 2 rings (SSSR count). The molecule has 0 unspecified atom stereocenters. The Hall–Kier alpha value is -1.86. The molecule has 0 N–H and O–H groups in total. The highest BCUT2D eigenvalue weighted by Crippen LogP contribution is 2.20. The van der Waals surface area contributed by atoms with Gasteiger partial charge in [0.1, 0.15) is 0 Å². The standard InChI is InChI=1S/C15H20N4/c1-4-19-15-8-6-5-7-13(15)14(17-19)11-18(10-9-16)12(2)3/h5-8,12H,4,10-11H2,1-3H3.